The maximum Gasteiger partial charge on any atom is 0.422 e. The number of amides is 1. The van der Waals surface area contributed by atoms with Gasteiger partial charge in [0, 0.05) is 0 Å². The lowest BCUT2D eigenvalue weighted by atomic mass is 9.90. The van der Waals surface area contributed by atoms with Crippen LogP contribution in [0.25, 0.3) is 0 Å². The molecule has 6 heteroatoms. The normalized spacial score (nSPS) is 13.0. The standard InChI is InChI=1S/C16H13ClF3NO/c17-15(16(18,19)20)21-14(22)13(11-7-3-1-4-8-11)12-9-5-2-6-10-12/h1-10,13,15H,(H,21,22). The van der Waals surface area contributed by atoms with Gasteiger partial charge in [-0.3, -0.25) is 4.79 Å². The van der Waals surface area contributed by atoms with Crippen LogP contribution in [0.3, 0.4) is 0 Å². The maximum absolute atomic E-state index is 12.5. The SMILES string of the molecule is O=C(NC(Cl)C(F)(F)F)C(c1ccccc1)c1ccccc1. The fourth-order valence-corrected chi connectivity index (χ4v) is 2.18. The van der Waals surface area contributed by atoms with Gasteiger partial charge in [0.1, 0.15) is 0 Å². The summed E-state index contributed by atoms with van der Waals surface area (Å²) >= 11 is 5.21. The molecule has 1 unspecified atom stereocenters. The van der Waals surface area contributed by atoms with Crippen molar-refractivity contribution in [2.24, 2.45) is 0 Å². The Morgan fingerprint density at radius 2 is 1.32 bits per heavy atom. The van der Waals surface area contributed by atoms with Gasteiger partial charge in [0.2, 0.25) is 11.4 Å². The smallest absolute Gasteiger partial charge is 0.332 e. The van der Waals surface area contributed by atoms with Crippen LogP contribution in [-0.2, 0) is 4.79 Å². The average Bonchev–Trinajstić information content (AvgIpc) is 2.48. The highest BCUT2D eigenvalue weighted by Gasteiger charge is 2.40. The molecule has 2 nitrogen and oxygen atoms in total. The molecule has 2 aromatic rings. The highest BCUT2D eigenvalue weighted by Crippen LogP contribution is 2.27. The van der Waals surface area contributed by atoms with Crippen LogP contribution in [0.4, 0.5) is 13.2 Å². The highest BCUT2D eigenvalue weighted by molar-refractivity contribution is 6.22. The molecule has 1 atom stereocenters. The topological polar surface area (TPSA) is 29.1 Å². The molecule has 22 heavy (non-hydrogen) atoms. The monoisotopic (exact) mass is 327 g/mol. The molecule has 116 valence electrons. The van der Waals surface area contributed by atoms with Crippen molar-refractivity contribution in [3.05, 3.63) is 71.8 Å². The molecule has 0 saturated carbocycles. The molecule has 0 heterocycles. The first-order valence-corrected chi connectivity index (χ1v) is 6.94. The maximum atomic E-state index is 12.5. The van der Waals surface area contributed by atoms with Gasteiger partial charge in [-0.1, -0.05) is 72.3 Å². The fraction of sp³-hybridized carbons (Fsp3) is 0.188. The van der Waals surface area contributed by atoms with Crippen LogP contribution < -0.4 is 5.32 Å². The highest BCUT2D eigenvalue weighted by atomic mass is 35.5. The zero-order valence-electron chi connectivity index (χ0n) is 11.3. The van der Waals surface area contributed by atoms with Crippen LogP contribution in [0.1, 0.15) is 17.0 Å². The second kappa shape index (κ2) is 6.83. The number of halogens is 4. The van der Waals surface area contributed by atoms with Crippen molar-refractivity contribution >= 4 is 17.5 Å². The molecule has 0 fully saturated rings. The summed E-state index contributed by atoms with van der Waals surface area (Å²) in [6, 6.07) is 17.2. The number of carbonyl (C=O) groups is 1. The van der Waals surface area contributed by atoms with Crippen LogP contribution in [0.15, 0.2) is 60.7 Å². The Morgan fingerprint density at radius 3 is 1.68 bits per heavy atom. The number of hydrogen-bond acceptors (Lipinski definition) is 1. The van der Waals surface area contributed by atoms with Crippen molar-refractivity contribution in [1.82, 2.24) is 5.32 Å². The van der Waals surface area contributed by atoms with Gasteiger partial charge in [0.05, 0.1) is 5.92 Å². The minimum atomic E-state index is -4.70. The lowest BCUT2D eigenvalue weighted by Crippen LogP contribution is -2.43. The number of rotatable bonds is 4. The van der Waals surface area contributed by atoms with Gasteiger partial charge < -0.3 is 5.32 Å². The van der Waals surface area contributed by atoms with Crippen LogP contribution in [0.2, 0.25) is 0 Å². The minimum absolute atomic E-state index is 0.595. The van der Waals surface area contributed by atoms with E-state index in [0.29, 0.717) is 11.1 Å². The lowest BCUT2D eigenvalue weighted by molar-refractivity contribution is -0.146. The van der Waals surface area contributed by atoms with Crippen molar-refractivity contribution in [3.63, 3.8) is 0 Å². The van der Waals surface area contributed by atoms with E-state index in [1.165, 1.54) is 0 Å². The molecule has 0 spiro atoms. The summed E-state index contributed by atoms with van der Waals surface area (Å²) in [4.78, 5) is 12.3. The first kappa shape index (κ1) is 16.4. The number of alkyl halides is 4. The van der Waals surface area contributed by atoms with E-state index in [2.05, 4.69) is 0 Å². The zero-order valence-corrected chi connectivity index (χ0v) is 12.1. The van der Waals surface area contributed by atoms with Gasteiger partial charge in [-0.2, -0.15) is 13.2 Å². The molecule has 0 saturated heterocycles. The van der Waals surface area contributed by atoms with E-state index >= 15 is 0 Å². The van der Waals surface area contributed by atoms with Crippen molar-refractivity contribution in [2.75, 3.05) is 0 Å². The van der Waals surface area contributed by atoms with Gasteiger partial charge in [-0.05, 0) is 11.1 Å². The Bertz CT molecular complexity index is 577. The Morgan fingerprint density at radius 1 is 0.909 bits per heavy atom. The van der Waals surface area contributed by atoms with Gasteiger partial charge in [0.25, 0.3) is 0 Å². The largest absolute Gasteiger partial charge is 0.422 e. The van der Waals surface area contributed by atoms with Crippen LogP contribution in [0, 0.1) is 0 Å². The average molecular weight is 328 g/mol. The van der Waals surface area contributed by atoms with E-state index in [1.807, 2.05) is 5.32 Å². The molecule has 0 aromatic heterocycles. The lowest BCUT2D eigenvalue weighted by Gasteiger charge is -2.21. The Kier molecular flexibility index (Phi) is 5.08. The molecule has 1 amide bonds. The van der Waals surface area contributed by atoms with Gasteiger partial charge in [0.15, 0.2) is 0 Å². The minimum Gasteiger partial charge on any atom is -0.332 e. The van der Waals surface area contributed by atoms with Crippen LogP contribution in [0.5, 0.6) is 0 Å². The molecule has 2 rings (SSSR count). The summed E-state index contributed by atoms with van der Waals surface area (Å²) < 4.78 is 37.6. The summed E-state index contributed by atoms with van der Waals surface area (Å²) in [6.07, 6.45) is -4.70. The summed E-state index contributed by atoms with van der Waals surface area (Å²) in [5.74, 6) is -1.65. The first-order chi connectivity index (χ1) is 10.4. The molecule has 0 aliphatic heterocycles. The molecule has 0 aliphatic carbocycles. The van der Waals surface area contributed by atoms with E-state index in [9.17, 15) is 18.0 Å². The quantitative estimate of drug-likeness (QED) is 0.666. The van der Waals surface area contributed by atoms with Crippen molar-refractivity contribution < 1.29 is 18.0 Å². The number of carbonyl (C=O) groups excluding carboxylic acids is 1. The van der Waals surface area contributed by atoms with Crippen LogP contribution in [-0.4, -0.2) is 17.6 Å². The third-order valence-electron chi connectivity index (χ3n) is 3.08. The number of benzene rings is 2. The van der Waals surface area contributed by atoms with Crippen LogP contribution >= 0.6 is 11.6 Å². The zero-order chi connectivity index (χ0) is 16.2. The summed E-state index contributed by atoms with van der Waals surface area (Å²) in [5, 5.41) is 1.82. The predicted molar refractivity (Wildman–Crippen MR) is 78.6 cm³/mol. The van der Waals surface area contributed by atoms with E-state index < -0.39 is 23.5 Å². The summed E-state index contributed by atoms with van der Waals surface area (Å²) in [5.41, 5.74) is -1.23. The molecule has 0 aliphatic rings. The Hall–Kier alpha value is -2.01. The first-order valence-electron chi connectivity index (χ1n) is 6.50. The molecular formula is C16H13ClF3NO. The van der Waals surface area contributed by atoms with E-state index in [0.717, 1.165) is 0 Å². The number of hydrogen-bond donors (Lipinski definition) is 1. The van der Waals surface area contributed by atoms with Gasteiger partial charge >= 0.3 is 6.18 Å². The second-order valence-corrected chi connectivity index (χ2v) is 5.10. The van der Waals surface area contributed by atoms with Gasteiger partial charge in [-0.15, -0.1) is 0 Å². The second-order valence-electron chi connectivity index (χ2n) is 4.67. The Labute approximate surface area is 130 Å². The van der Waals surface area contributed by atoms with Crippen molar-refractivity contribution in [2.45, 2.75) is 17.6 Å². The third-order valence-corrected chi connectivity index (χ3v) is 3.44. The molecule has 0 bridgehead atoms. The van der Waals surface area contributed by atoms with E-state index in [-0.39, 0.29) is 0 Å². The van der Waals surface area contributed by atoms with E-state index in [1.54, 1.807) is 60.7 Å². The van der Waals surface area contributed by atoms with E-state index in [4.69, 9.17) is 11.6 Å². The van der Waals surface area contributed by atoms with Gasteiger partial charge in [-0.25, -0.2) is 0 Å². The Balaban J connectivity index is 2.32. The molecule has 0 radical (unpaired) electrons. The van der Waals surface area contributed by atoms with Crippen molar-refractivity contribution in [1.29, 1.82) is 0 Å². The molecule has 2 aromatic carbocycles. The molecule has 1 N–H and O–H groups in total. The predicted octanol–water partition coefficient (Wildman–Crippen LogP) is 4.06. The molecular weight excluding hydrogens is 315 g/mol. The summed E-state index contributed by atoms with van der Waals surface area (Å²) in [6.45, 7) is 0. The fourth-order valence-electron chi connectivity index (χ4n) is 2.08. The third kappa shape index (κ3) is 4.01. The summed E-state index contributed by atoms with van der Waals surface area (Å²) in [7, 11) is 0. The number of nitrogens with one attached hydrogen (secondary N) is 1. The van der Waals surface area contributed by atoms with Crippen molar-refractivity contribution in [3.8, 4) is 0 Å².